The molecule has 1 heterocycles. The summed E-state index contributed by atoms with van der Waals surface area (Å²) in [6, 6.07) is 13.3. The molecule has 0 saturated carbocycles. The van der Waals surface area contributed by atoms with Crippen LogP contribution in [-0.4, -0.2) is 57.1 Å². The van der Waals surface area contributed by atoms with Gasteiger partial charge in [0, 0.05) is 30.2 Å². The van der Waals surface area contributed by atoms with Crippen molar-refractivity contribution in [3.8, 4) is 5.75 Å². The Morgan fingerprint density at radius 1 is 1.12 bits per heavy atom. The van der Waals surface area contributed by atoms with Crippen LogP contribution < -0.4 is 10.1 Å². The zero-order chi connectivity index (χ0) is 23.1. The number of ether oxygens (including phenoxy) is 2. The molecule has 174 valence electrons. The van der Waals surface area contributed by atoms with Crippen LogP contribution in [0.25, 0.3) is 0 Å². The Hall–Kier alpha value is -2.13. The van der Waals surface area contributed by atoms with Gasteiger partial charge in [0.15, 0.2) is 0 Å². The van der Waals surface area contributed by atoms with Crippen LogP contribution in [0.5, 0.6) is 5.75 Å². The number of morpholine rings is 1. The van der Waals surface area contributed by atoms with E-state index in [4.69, 9.17) is 21.1 Å². The maximum atomic E-state index is 13.0. The van der Waals surface area contributed by atoms with Gasteiger partial charge in [-0.3, -0.25) is 4.79 Å². The third kappa shape index (κ3) is 6.68. The third-order valence-corrected chi connectivity index (χ3v) is 7.14. The van der Waals surface area contributed by atoms with Crippen LogP contribution in [0.15, 0.2) is 53.4 Å². The molecule has 0 aliphatic carbocycles. The highest BCUT2D eigenvalue weighted by atomic mass is 35.5. The highest BCUT2D eigenvalue weighted by Gasteiger charge is 2.32. The first kappa shape index (κ1) is 24.5. The van der Waals surface area contributed by atoms with Gasteiger partial charge in [-0.25, -0.2) is 8.42 Å². The van der Waals surface area contributed by atoms with E-state index in [1.54, 1.807) is 24.3 Å². The van der Waals surface area contributed by atoms with E-state index in [0.29, 0.717) is 36.8 Å². The first-order valence-electron chi connectivity index (χ1n) is 10.7. The molecule has 1 aliphatic heterocycles. The van der Waals surface area contributed by atoms with E-state index in [0.717, 1.165) is 18.6 Å². The van der Waals surface area contributed by atoms with Crippen molar-refractivity contribution < 1.29 is 22.7 Å². The monoisotopic (exact) mass is 480 g/mol. The molecule has 2 aromatic carbocycles. The summed E-state index contributed by atoms with van der Waals surface area (Å²) in [6.07, 6.45) is 1.15. The van der Waals surface area contributed by atoms with Crippen LogP contribution in [0.2, 0.25) is 5.02 Å². The van der Waals surface area contributed by atoms with Crippen molar-refractivity contribution in [2.75, 3.05) is 26.2 Å². The maximum absolute atomic E-state index is 13.0. The van der Waals surface area contributed by atoms with Crippen molar-refractivity contribution in [3.63, 3.8) is 0 Å². The number of nitrogens with one attached hydrogen (secondary N) is 1. The molecule has 0 aromatic heterocycles. The van der Waals surface area contributed by atoms with Crippen molar-refractivity contribution in [2.45, 2.75) is 43.8 Å². The molecule has 9 heteroatoms. The Kier molecular flexibility index (Phi) is 8.53. The number of rotatable bonds is 9. The summed E-state index contributed by atoms with van der Waals surface area (Å²) in [4.78, 5) is 12.6. The lowest BCUT2D eigenvalue weighted by Gasteiger charge is -2.34. The van der Waals surface area contributed by atoms with Crippen molar-refractivity contribution in [1.82, 2.24) is 9.62 Å². The fourth-order valence-corrected chi connectivity index (χ4v) is 5.29. The lowest BCUT2D eigenvalue weighted by atomic mass is 10.2. The Labute approximate surface area is 194 Å². The van der Waals surface area contributed by atoms with Crippen molar-refractivity contribution in [1.29, 1.82) is 0 Å². The first-order valence-corrected chi connectivity index (χ1v) is 12.5. The largest absolute Gasteiger partial charge is 0.494 e. The molecule has 7 nitrogen and oxygen atoms in total. The van der Waals surface area contributed by atoms with E-state index in [-0.39, 0.29) is 23.0 Å². The highest BCUT2D eigenvalue weighted by Crippen LogP contribution is 2.22. The third-order valence-electron chi connectivity index (χ3n) is 5.06. The predicted molar refractivity (Wildman–Crippen MR) is 124 cm³/mol. The Morgan fingerprint density at radius 3 is 2.50 bits per heavy atom. The van der Waals surface area contributed by atoms with Gasteiger partial charge in [-0.05, 0) is 69.2 Å². The minimum atomic E-state index is -3.70. The van der Waals surface area contributed by atoms with Crippen LogP contribution in [0, 0.1) is 0 Å². The molecule has 1 N–H and O–H groups in total. The van der Waals surface area contributed by atoms with E-state index in [1.165, 1.54) is 16.4 Å². The number of carbonyl (C=O) groups is 1. The maximum Gasteiger partial charge on any atom is 0.251 e. The molecule has 0 unspecified atom stereocenters. The van der Waals surface area contributed by atoms with E-state index < -0.39 is 10.0 Å². The van der Waals surface area contributed by atoms with E-state index in [1.807, 2.05) is 26.0 Å². The van der Waals surface area contributed by atoms with Crippen LogP contribution in [0.4, 0.5) is 0 Å². The summed E-state index contributed by atoms with van der Waals surface area (Å²) in [6.45, 7) is 5.29. The predicted octanol–water partition coefficient (Wildman–Crippen LogP) is 3.73. The second-order valence-electron chi connectivity index (χ2n) is 7.87. The topological polar surface area (TPSA) is 84.9 Å². The molecule has 32 heavy (non-hydrogen) atoms. The van der Waals surface area contributed by atoms with Crippen molar-refractivity contribution in [3.05, 3.63) is 59.1 Å². The smallest absolute Gasteiger partial charge is 0.251 e. The highest BCUT2D eigenvalue weighted by molar-refractivity contribution is 7.89. The van der Waals surface area contributed by atoms with E-state index >= 15 is 0 Å². The lowest BCUT2D eigenvalue weighted by Crippen LogP contribution is -2.48. The summed E-state index contributed by atoms with van der Waals surface area (Å²) in [7, 11) is -3.70. The number of nitrogens with zero attached hydrogens (tertiary/aromatic N) is 1. The quantitative estimate of drug-likeness (QED) is 0.553. The number of hydrogen-bond donors (Lipinski definition) is 1. The average molecular weight is 481 g/mol. The number of amides is 1. The Morgan fingerprint density at radius 2 is 1.81 bits per heavy atom. The van der Waals surface area contributed by atoms with Gasteiger partial charge < -0.3 is 14.8 Å². The van der Waals surface area contributed by atoms with Crippen LogP contribution in [-0.2, 0) is 14.8 Å². The SMILES string of the molecule is C[C@@H]1CN(S(=O)(=O)c2cccc(C(=O)NCCCCOc3ccc(Cl)cc3)c2)C[C@H](C)O1. The van der Waals surface area contributed by atoms with Gasteiger partial charge in [0.25, 0.3) is 5.91 Å². The molecule has 0 spiro atoms. The molecular formula is C23H29ClN2O5S. The minimum Gasteiger partial charge on any atom is -0.494 e. The van der Waals surface area contributed by atoms with Gasteiger partial charge in [0.1, 0.15) is 5.75 Å². The number of benzene rings is 2. The molecule has 1 aliphatic rings. The average Bonchev–Trinajstić information content (AvgIpc) is 2.76. The van der Waals surface area contributed by atoms with Crippen molar-refractivity contribution >= 4 is 27.5 Å². The summed E-state index contributed by atoms with van der Waals surface area (Å²) in [5, 5.41) is 3.50. The number of sulfonamides is 1. The molecular weight excluding hydrogens is 452 g/mol. The molecule has 1 amide bonds. The van der Waals surface area contributed by atoms with Gasteiger partial charge in [-0.2, -0.15) is 4.31 Å². The lowest BCUT2D eigenvalue weighted by molar-refractivity contribution is -0.0440. The molecule has 3 rings (SSSR count). The van der Waals surface area contributed by atoms with Crippen molar-refractivity contribution in [2.24, 2.45) is 0 Å². The summed E-state index contributed by atoms with van der Waals surface area (Å²) >= 11 is 5.84. The second-order valence-corrected chi connectivity index (χ2v) is 10.2. The van der Waals surface area contributed by atoms with Crippen LogP contribution in [0.1, 0.15) is 37.0 Å². The molecule has 0 radical (unpaired) electrons. The molecule has 1 fully saturated rings. The number of carbonyl (C=O) groups excluding carboxylic acids is 1. The van der Waals surface area contributed by atoms with Gasteiger partial charge >= 0.3 is 0 Å². The van der Waals surface area contributed by atoms with Crippen LogP contribution in [0.3, 0.4) is 0 Å². The number of hydrogen-bond acceptors (Lipinski definition) is 5. The zero-order valence-corrected chi connectivity index (χ0v) is 19.9. The number of unbranched alkanes of at least 4 members (excludes halogenated alkanes) is 1. The zero-order valence-electron chi connectivity index (χ0n) is 18.3. The molecule has 1 saturated heterocycles. The Balaban J connectivity index is 1.48. The van der Waals surface area contributed by atoms with Gasteiger partial charge in [-0.15, -0.1) is 0 Å². The first-order chi connectivity index (χ1) is 15.3. The summed E-state index contributed by atoms with van der Waals surface area (Å²) in [5.74, 6) is 0.449. The minimum absolute atomic E-state index is 0.114. The fourth-order valence-electron chi connectivity index (χ4n) is 3.53. The molecule has 2 atom stereocenters. The normalized spacial score (nSPS) is 19.5. The fraction of sp³-hybridized carbons (Fsp3) is 0.435. The Bertz CT molecular complexity index is 1000. The summed E-state index contributed by atoms with van der Waals surface area (Å²) < 4.78 is 38.8. The van der Waals surface area contributed by atoms with Crippen LogP contribution >= 0.6 is 11.6 Å². The van der Waals surface area contributed by atoms with Gasteiger partial charge in [-0.1, -0.05) is 17.7 Å². The van der Waals surface area contributed by atoms with Gasteiger partial charge in [0.2, 0.25) is 10.0 Å². The van der Waals surface area contributed by atoms with E-state index in [2.05, 4.69) is 5.32 Å². The van der Waals surface area contributed by atoms with Gasteiger partial charge in [0.05, 0.1) is 23.7 Å². The number of halogens is 1. The van der Waals surface area contributed by atoms with E-state index in [9.17, 15) is 13.2 Å². The second kappa shape index (κ2) is 11.1. The molecule has 0 bridgehead atoms. The molecule has 2 aromatic rings. The summed E-state index contributed by atoms with van der Waals surface area (Å²) in [5.41, 5.74) is 0.317. The standard InChI is InChI=1S/C23H29ClN2O5S/c1-17-15-26(16-18(2)31-17)32(28,29)22-7-5-6-19(14-22)23(27)25-12-3-4-13-30-21-10-8-20(24)9-11-21/h5-11,14,17-18H,3-4,12-13,15-16H2,1-2H3,(H,25,27)/t17-,18+.